The summed E-state index contributed by atoms with van der Waals surface area (Å²) in [4.78, 5) is 33.9. The van der Waals surface area contributed by atoms with Crippen molar-refractivity contribution in [1.82, 2.24) is 9.97 Å². The number of hydrogen-bond donors (Lipinski definition) is 2. The van der Waals surface area contributed by atoms with Crippen molar-refractivity contribution in [3.05, 3.63) is 88.0 Å². The molecule has 1 aliphatic rings. The van der Waals surface area contributed by atoms with Gasteiger partial charge in [-0.15, -0.1) is 11.3 Å². The van der Waals surface area contributed by atoms with Crippen LogP contribution in [0.1, 0.15) is 32.0 Å². The number of rotatable bonds is 7. The van der Waals surface area contributed by atoms with Crippen molar-refractivity contribution in [3.63, 3.8) is 0 Å². The molecule has 0 saturated carbocycles. The Hall–Kier alpha value is -4.44. The third-order valence-electron chi connectivity index (χ3n) is 5.40. The van der Waals surface area contributed by atoms with Crippen LogP contribution in [0.2, 0.25) is 0 Å². The van der Waals surface area contributed by atoms with E-state index in [9.17, 15) is 9.59 Å². The smallest absolute Gasteiger partial charge is 0.257 e. The molecule has 36 heavy (non-hydrogen) atoms. The number of nitrogens with zero attached hydrogens (tertiary/aromatic N) is 2. The first-order valence-electron chi connectivity index (χ1n) is 11.1. The van der Waals surface area contributed by atoms with Crippen molar-refractivity contribution in [2.75, 3.05) is 23.8 Å². The van der Waals surface area contributed by atoms with Crippen molar-refractivity contribution >= 4 is 34.5 Å². The molecule has 0 saturated heterocycles. The monoisotopic (exact) mass is 502 g/mol. The summed E-state index contributed by atoms with van der Waals surface area (Å²) in [5, 5.41) is 7.64. The average Bonchev–Trinajstić information content (AvgIpc) is 3.43. The van der Waals surface area contributed by atoms with E-state index in [4.69, 9.17) is 14.2 Å². The molecule has 0 radical (unpaired) electrons. The van der Waals surface area contributed by atoms with Gasteiger partial charge in [0.05, 0.1) is 16.8 Å². The standard InChI is InChI=1S/C26H22N4O5S/c1-16-2-5-19(29-25(31)17-3-6-22-23(10-17)34-9-8-33-22)11-21(16)30-26(32)18-4-7-24(27-12-18)35-13-20-14-36-15-28-20/h2-7,10-12,14-15H,8-9,13H2,1H3,(H,29,31)(H,30,32). The highest BCUT2D eigenvalue weighted by Gasteiger charge is 2.16. The van der Waals surface area contributed by atoms with E-state index in [1.807, 2.05) is 18.4 Å². The van der Waals surface area contributed by atoms with Crippen LogP contribution in [0.15, 0.2) is 65.6 Å². The van der Waals surface area contributed by atoms with Gasteiger partial charge in [0, 0.05) is 34.6 Å². The molecule has 2 aromatic carbocycles. The SMILES string of the molecule is Cc1ccc(NC(=O)c2ccc3c(c2)OCCO3)cc1NC(=O)c1ccc(OCc2cscn2)nc1. The van der Waals surface area contributed by atoms with E-state index in [1.54, 1.807) is 48.0 Å². The van der Waals surface area contributed by atoms with E-state index in [0.29, 0.717) is 59.7 Å². The van der Waals surface area contributed by atoms with E-state index < -0.39 is 0 Å². The van der Waals surface area contributed by atoms with Gasteiger partial charge in [0.1, 0.15) is 19.8 Å². The van der Waals surface area contributed by atoms with E-state index in [0.717, 1.165) is 11.3 Å². The minimum absolute atomic E-state index is 0.300. The molecule has 0 atom stereocenters. The van der Waals surface area contributed by atoms with Gasteiger partial charge in [-0.3, -0.25) is 9.59 Å². The van der Waals surface area contributed by atoms with Crippen LogP contribution in [0.25, 0.3) is 0 Å². The number of anilines is 2. The molecule has 4 aromatic rings. The summed E-state index contributed by atoms with van der Waals surface area (Å²) in [5.41, 5.74) is 5.33. The molecule has 5 rings (SSSR count). The number of thiazole rings is 1. The Morgan fingerprint density at radius 1 is 0.944 bits per heavy atom. The summed E-state index contributed by atoms with van der Waals surface area (Å²) in [6, 6.07) is 13.6. The van der Waals surface area contributed by atoms with E-state index in [2.05, 4.69) is 20.6 Å². The normalized spacial score (nSPS) is 12.0. The molecular formula is C26H22N4O5S. The van der Waals surface area contributed by atoms with Crippen LogP contribution in [0.3, 0.4) is 0 Å². The van der Waals surface area contributed by atoms with Gasteiger partial charge in [0.25, 0.3) is 11.8 Å². The fourth-order valence-electron chi connectivity index (χ4n) is 3.47. The molecule has 2 N–H and O–H groups in total. The summed E-state index contributed by atoms with van der Waals surface area (Å²) in [6.07, 6.45) is 1.45. The van der Waals surface area contributed by atoms with Gasteiger partial charge in [-0.1, -0.05) is 6.07 Å². The Balaban J connectivity index is 1.23. The predicted molar refractivity (Wildman–Crippen MR) is 135 cm³/mol. The van der Waals surface area contributed by atoms with Crippen LogP contribution in [0, 0.1) is 6.92 Å². The number of aromatic nitrogens is 2. The van der Waals surface area contributed by atoms with Crippen molar-refractivity contribution in [1.29, 1.82) is 0 Å². The van der Waals surface area contributed by atoms with Crippen LogP contribution < -0.4 is 24.8 Å². The second-order valence-electron chi connectivity index (χ2n) is 7.95. The molecule has 0 aliphatic carbocycles. The number of pyridine rings is 1. The highest BCUT2D eigenvalue weighted by atomic mass is 32.1. The molecular weight excluding hydrogens is 480 g/mol. The van der Waals surface area contributed by atoms with Gasteiger partial charge in [-0.05, 0) is 48.9 Å². The summed E-state index contributed by atoms with van der Waals surface area (Å²) in [7, 11) is 0. The quantitative estimate of drug-likeness (QED) is 0.377. The largest absolute Gasteiger partial charge is 0.486 e. The first kappa shape index (κ1) is 23.3. The van der Waals surface area contributed by atoms with Crippen molar-refractivity contribution in [3.8, 4) is 17.4 Å². The second kappa shape index (κ2) is 10.4. The number of carbonyl (C=O) groups excluding carboxylic acids is 2. The number of nitrogens with one attached hydrogen (secondary N) is 2. The Kier molecular flexibility index (Phi) is 6.76. The zero-order valence-corrected chi connectivity index (χ0v) is 20.1. The van der Waals surface area contributed by atoms with Crippen LogP contribution in [-0.2, 0) is 6.61 Å². The number of fused-ring (bicyclic) bond motifs is 1. The molecule has 0 unspecified atom stereocenters. The molecule has 0 fully saturated rings. The molecule has 9 nitrogen and oxygen atoms in total. The van der Waals surface area contributed by atoms with E-state index in [1.165, 1.54) is 17.5 Å². The summed E-state index contributed by atoms with van der Waals surface area (Å²) in [6.45, 7) is 3.11. The van der Waals surface area contributed by atoms with Gasteiger partial charge < -0.3 is 24.8 Å². The maximum atomic E-state index is 12.8. The molecule has 2 amide bonds. The lowest BCUT2D eigenvalue weighted by atomic mass is 10.1. The summed E-state index contributed by atoms with van der Waals surface area (Å²) >= 11 is 1.49. The number of ether oxygens (including phenoxy) is 3. The third-order valence-corrected chi connectivity index (χ3v) is 6.03. The maximum absolute atomic E-state index is 12.8. The molecule has 1 aliphatic heterocycles. The van der Waals surface area contributed by atoms with E-state index >= 15 is 0 Å². The fourth-order valence-corrected chi connectivity index (χ4v) is 4.02. The Morgan fingerprint density at radius 3 is 2.53 bits per heavy atom. The van der Waals surface area contributed by atoms with Crippen molar-refractivity contribution in [2.24, 2.45) is 0 Å². The van der Waals surface area contributed by atoms with Crippen LogP contribution in [0.5, 0.6) is 17.4 Å². The minimum atomic E-state index is -0.327. The molecule has 3 heterocycles. The van der Waals surface area contributed by atoms with E-state index in [-0.39, 0.29) is 11.8 Å². The van der Waals surface area contributed by atoms with Gasteiger partial charge in [0.15, 0.2) is 11.5 Å². The topological polar surface area (TPSA) is 112 Å². The minimum Gasteiger partial charge on any atom is -0.486 e. The second-order valence-corrected chi connectivity index (χ2v) is 8.67. The van der Waals surface area contributed by atoms with Crippen LogP contribution in [0.4, 0.5) is 11.4 Å². The predicted octanol–water partition coefficient (Wildman–Crippen LogP) is 4.70. The summed E-state index contributed by atoms with van der Waals surface area (Å²) < 4.78 is 16.6. The first-order valence-corrected chi connectivity index (χ1v) is 12.1. The Labute approximate surface area is 211 Å². The molecule has 10 heteroatoms. The lowest BCUT2D eigenvalue weighted by molar-refractivity contribution is 0.101. The van der Waals surface area contributed by atoms with Gasteiger partial charge in [-0.25, -0.2) is 9.97 Å². The van der Waals surface area contributed by atoms with Crippen molar-refractivity contribution in [2.45, 2.75) is 13.5 Å². The first-order chi connectivity index (χ1) is 17.5. The van der Waals surface area contributed by atoms with Gasteiger partial charge in [-0.2, -0.15) is 0 Å². The number of aryl methyl sites for hydroxylation is 1. The number of hydrogen-bond acceptors (Lipinski definition) is 8. The lowest BCUT2D eigenvalue weighted by Gasteiger charge is -2.18. The van der Waals surface area contributed by atoms with Gasteiger partial charge >= 0.3 is 0 Å². The molecule has 0 spiro atoms. The number of amides is 2. The zero-order chi connectivity index (χ0) is 24.9. The Bertz CT molecular complexity index is 1390. The molecule has 2 aromatic heterocycles. The molecule has 0 bridgehead atoms. The van der Waals surface area contributed by atoms with Crippen LogP contribution >= 0.6 is 11.3 Å². The number of carbonyl (C=O) groups is 2. The average molecular weight is 503 g/mol. The highest BCUT2D eigenvalue weighted by molar-refractivity contribution is 7.07. The van der Waals surface area contributed by atoms with Crippen molar-refractivity contribution < 1.29 is 23.8 Å². The lowest BCUT2D eigenvalue weighted by Crippen LogP contribution is -2.17. The third kappa shape index (κ3) is 5.44. The number of benzene rings is 2. The Morgan fingerprint density at radius 2 is 1.75 bits per heavy atom. The van der Waals surface area contributed by atoms with Gasteiger partial charge in [0.2, 0.25) is 5.88 Å². The zero-order valence-electron chi connectivity index (χ0n) is 19.3. The molecule has 182 valence electrons. The highest BCUT2D eigenvalue weighted by Crippen LogP contribution is 2.31. The van der Waals surface area contributed by atoms with Crippen LogP contribution in [-0.4, -0.2) is 35.0 Å². The maximum Gasteiger partial charge on any atom is 0.257 e. The fraction of sp³-hybridized carbons (Fsp3) is 0.154. The summed E-state index contributed by atoms with van der Waals surface area (Å²) in [5.74, 6) is 0.933.